The number of carbonyl (C=O) groups is 1. The molecule has 0 unspecified atom stereocenters. The van der Waals surface area contributed by atoms with Gasteiger partial charge in [-0.1, -0.05) is 30.3 Å². The number of nitrogens with zero attached hydrogens (tertiary/aromatic N) is 2. The van der Waals surface area contributed by atoms with Crippen LogP contribution in [0.25, 0.3) is 11.3 Å². The third-order valence-electron chi connectivity index (χ3n) is 5.19. The van der Waals surface area contributed by atoms with Gasteiger partial charge < -0.3 is 14.1 Å². The van der Waals surface area contributed by atoms with Crippen molar-refractivity contribution in [2.24, 2.45) is 0 Å². The van der Waals surface area contributed by atoms with Crippen LogP contribution >= 0.6 is 0 Å². The minimum Gasteiger partial charge on any atom is -0.496 e. The molecular weight excluding hydrogens is 352 g/mol. The molecule has 4 rings (SSSR count). The second-order valence-corrected chi connectivity index (χ2v) is 6.97. The van der Waals surface area contributed by atoms with Gasteiger partial charge in [0.05, 0.1) is 32.0 Å². The number of carbonyl (C=O) groups excluding carboxylic acids is 1. The molecule has 0 N–H and O–H groups in total. The summed E-state index contributed by atoms with van der Waals surface area (Å²) in [5.41, 5.74) is 5.95. The predicted octanol–water partition coefficient (Wildman–Crippen LogP) is 4.74. The maximum Gasteiger partial charge on any atom is 0.232 e. The van der Waals surface area contributed by atoms with Crippen LogP contribution in [0, 0.1) is 13.8 Å². The van der Waals surface area contributed by atoms with Crippen LogP contribution in [0.1, 0.15) is 34.4 Å². The smallest absolute Gasteiger partial charge is 0.232 e. The number of aryl methyl sites for hydroxylation is 2. The van der Waals surface area contributed by atoms with E-state index in [1.54, 1.807) is 13.3 Å². The van der Waals surface area contributed by atoms with Crippen LogP contribution < -0.4 is 4.90 Å². The zero-order valence-electron chi connectivity index (χ0n) is 16.2. The van der Waals surface area contributed by atoms with E-state index in [4.69, 9.17) is 9.15 Å². The summed E-state index contributed by atoms with van der Waals surface area (Å²) in [5.74, 6) is 1.18. The molecule has 0 saturated heterocycles. The lowest BCUT2D eigenvalue weighted by Crippen LogP contribution is -2.30. The maximum absolute atomic E-state index is 13.3. The number of ether oxygens (including phenoxy) is 1. The molecule has 0 fully saturated rings. The second-order valence-electron chi connectivity index (χ2n) is 6.97. The van der Waals surface area contributed by atoms with Crippen molar-refractivity contribution in [3.63, 3.8) is 0 Å². The van der Waals surface area contributed by atoms with Gasteiger partial charge in [-0.25, -0.2) is 4.98 Å². The number of amides is 1. The predicted molar refractivity (Wildman–Crippen MR) is 108 cm³/mol. The topological polar surface area (TPSA) is 55.6 Å². The summed E-state index contributed by atoms with van der Waals surface area (Å²) in [6.07, 6.45) is 3.16. The molecule has 0 saturated carbocycles. The average molecular weight is 374 g/mol. The van der Waals surface area contributed by atoms with E-state index >= 15 is 0 Å². The zero-order chi connectivity index (χ0) is 19.7. The number of oxazole rings is 1. The van der Waals surface area contributed by atoms with Crippen molar-refractivity contribution in [1.29, 1.82) is 0 Å². The highest BCUT2D eigenvalue weighted by Gasteiger charge is 2.30. The first-order chi connectivity index (χ1) is 13.6. The highest BCUT2D eigenvalue weighted by Crippen LogP contribution is 2.39. The Morgan fingerprint density at radius 2 is 1.96 bits per heavy atom. The number of hydrogen-bond acceptors (Lipinski definition) is 4. The summed E-state index contributed by atoms with van der Waals surface area (Å²) in [4.78, 5) is 19.1. The van der Waals surface area contributed by atoms with E-state index in [1.165, 1.54) is 17.5 Å². The fraction of sp³-hybridized carbons (Fsp3) is 0.217. The Balaban J connectivity index is 1.81. The molecule has 1 aliphatic rings. The van der Waals surface area contributed by atoms with E-state index in [9.17, 15) is 4.79 Å². The summed E-state index contributed by atoms with van der Waals surface area (Å²) in [5, 5.41) is 0. The number of para-hydroxylation sites is 1. The van der Waals surface area contributed by atoms with E-state index in [-0.39, 0.29) is 12.3 Å². The van der Waals surface area contributed by atoms with Crippen molar-refractivity contribution in [3.05, 3.63) is 83.1 Å². The van der Waals surface area contributed by atoms with E-state index in [2.05, 4.69) is 37.0 Å². The highest BCUT2D eigenvalue weighted by atomic mass is 16.5. The first-order valence-corrected chi connectivity index (χ1v) is 9.20. The fourth-order valence-corrected chi connectivity index (χ4v) is 3.58. The largest absolute Gasteiger partial charge is 0.496 e. The standard InChI is InChI=1S/C23H22N2O3/c1-15-8-9-17(10-16(15)2)13-25-20-7-5-4-6-18(20)23(27-3)19(11-22(25)26)21-12-24-14-28-21/h4-10,12,14H,11,13H2,1-3H3. The first-order valence-electron chi connectivity index (χ1n) is 9.20. The molecule has 142 valence electrons. The van der Waals surface area contributed by atoms with Gasteiger partial charge in [0, 0.05) is 11.1 Å². The van der Waals surface area contributed by atoms with Crippen molar-refractivity contribution in [3.8, 4) is 0 Å². The Hall–Kier alpha value is -3.34. The maximum atomic E-state index is 13.3. The molecule has 1 amide bonds. The van der Waals surface area contributed by atoms with Crippen molar-refractivity contribution >= 4 is 22.9 Å². The van der Waals surface area contributed by atoms with Crippen molar-refractivity contribution in [2.75, 3.05) is 12.0 Å². The lowest BCUT2D eigenvalue weighted by Gasteiger charge is -2.24. The number of fused-ring (bicyclic) bond motifs is 1. The van der Waals surface area contributed by atoms with Gasteiger partial charge in [-0.05, 0) is 42.7 Å². The molecule has 3 aromatic rings. The van der Waals surface area contributed by atoms with E-state index in [0.717, 1.165) is 16.8 Å². The van der Waals surface area contributed by atoms with Gasteiger partial charge >= 0.3 is 0 Å². The molecule has 5 nitrogen and oxygen atoms in total. The van der Waals surface area contributed by atoms with Crippen LogP contribution in [0.15, 0.2) is 59.5 Å². The number of aromatic nitrogens is 1. The summed E-state index contributed by atoms with van der Waals surface area (Å²) < 4.78 is 11.2. The molecule has 0 spiro atoms. The van der Waals surface area contributed by atoms with Crippen molar-refractivity contribution in [2.45, 2.75) is 26.8 Å². The minimum absolute atomic E-state index is 0.0101. The summed E-state index contributed by atoms with van der Waals surface area (Å²) in [7, 11) is 1.62. The van der Waals surface area contributed by atoms with Gasteiger partial charge in [0.2, 0.25) is 5.91 Å². The Morgan fingerprint density at radius 3 is 2.68 bits per heavy atom. The number of anilines is 1. The Morgan fingerprint density at radius 1 is 1.14 bits per heavy atom. The van der Waals surface area contributed by atoms with Gasteiger partial charge in [-0.3, -0.25) is 4.79 Å². The van der Waals surface area contributed by atoms with Crippen LogP contribution in [-0.4, -0.2) is 18.0 Å². The number of rotatable bonds is 4. The molecule has 0 aliphatic carbocycles. The molecule has 2 aromatic carbocycles. The molecule has 0 atom stereocenters. The molecule has 5 heteroatoms. The molecule has 1 aromatic heterocycles. The first kappa shape index (κ1) is 18.0. The number of benzene rings is 2. The molecular formula is C23H22N2O3. The number of hydrogen-bond donors (Lipinski definition) is 0. The molecule has 0 radical (unpaired) electrons. The van der Waals surface area contributed by atoms with Gasteiger partial charge in [-0.2, -0.15) is 0 Å². The van der Waals surface area contributed by atoms with Crippen LogP contribution in [0.2, 0.25) is 0 Å². The van der Waals surface area contributed by atoms with E-state index in [1.807, 2.05) is 29.2 Å². The zero-order valence-corrected chi connectivity index (χ0v) is 16.2. The quantitative estimate of drug-likeness (QED) is 0.662. The monoisotopic (exact) mass is 374 g/mol. The molecule has 0 bridgehead atoms. The third kappa shape index (κ3) is 3.20. The lowest BCUT2D eigenvalue weighted by atomic mass is 10.0. The van der Waals surface area contributed by atoms with Gasteiger partial charge in [-0.15, -0.1) is 0 Å². The van der Waals surface area contributed by atoms with E-state index < -0.39 is 0 Å². The molecule has 2 heterocycles. The van der Waals surface area contributed by atoms with Crippen LogP contribution in [0.3, 0.4) is 0 Å². The van der Waals surface area contributed by atoms with Gasteiger partial charge in [0.25, 0.3) is 0 Å². The summed E-state index contributed by atoms with van der Waals surface area (Å²) in [6, 6.07) is 14.1. The van der Waals surface area contributed by atoms with Crippen molar-refractivity contribution in [1.82, 2.24) is 4.98 Å². The Bertz CT molecular complexity index is 1050. The fourth-order valence-electron chi connectivity index (χ4n) is 3.58. The Kier molecular flexibility index (Phi) is 4.74. The highest BCUT2D eigenvalue weighted by molar-refractivity contribution is 6.08. The van der Waals surface area contributed by atoms with Gasteiger partial charge in [0.15, 0.2) is 12.2 Å². The van der Waals surface area contributed by atoms with Crippen LogP contribution in [-0.2, 0) is 16.1 Å². The van der Waals surface area contributed by atoms with Crippen LogP contribution in [0.5, 0.6) is 0 Å². The molecule has 28 heavy (non-hydrogen) atoms. The second kappa shape index (κ2) is 7.35. The normalized spacial score (nSPS) is 14.1. The average Bonchev–Trinajstić information content (AvgIpc) is 3.20. The van der Waals surface area contributed by atoms with E-state index in [0.29, 0.717) is 23.6 Å². The minimum atomic E-state index is -0.0101. The molecule has 1 aliphatic heterocycles. The van der Waals surface area contributed by atoms with Gasteiger partial charge in [0.1, 0.15) is 5.76 Å². The summed E-state index contributed by atoms with van der Waals surface area (Å²) in [6.45, 7) is 4.67. The number of methoxy groups -OCH3 is 1. The van der Waals surface area contributed by atoms with Crippen molar-refractivity contribution < 1.29 is 13.9 Å². The Labute approximate surface area is 164 Å². The SMILES string of the molecule is COC1=C(c2cnco2)CC(=O)N(Cc2ccc(C)c(C)c2)c2ccccc21. The summed E-state index contributed by atoms with van der Waals surface area (Å²) >= 11 is 0. The lowest BCUT2D eigenvalue weighted by molar-refractivity contribution is -0.117. The third-order valence-corrected chi connectivity index (χ3v) is 5.19. The van der Waals surface area contributed by atoms with Crippen LogP contribution in [0.4, 0.5) is 5.69 Å².